The number of nitrogens with one attached hydrogen (secondary N) is 3. The number of pyridine rings is 2. The van der Waals surface area contributed by atoms with Gasteiger partial charge in [-0.2, -0.15) is 13.2 Å². The zero-order valence-corrected chi connectivity index (χ0v) is 18.5. The fraction of sp³-hybridized carbons (Fsp3) is 0.167. The van der Waals surface area contributed by atoms with Crippen molar-refractivity contribution in [3.63, 3.8) is 0 Å². The van der Waals surface area contributed by atoms with Crippen LogP contribution < -0.4 is 16.0 Å². The van der Waals surface area contributed by atoms with Gasteiger partial charge >= 0.3 is 6.18 Å². The minimum absolute atomic E-state index is 0.180. The van der Waals surface area contributed by atoms with Crippen molar-refractivity contribution in [2.24, 2.45) is 4.99 Å². The summed E-state index contributed by atoms with van der Waals surface area (Å²) >= 11 is 0. The predicted octanol–water partition coefficient (Wildman–Crippen LogP) is 4.35. The summed E-state index contributed by atoms with van der Waals surface area (Å²) in [4.78, 5) is 25.6. The lowest BCUT2D eigenvalue weighted by Crippen LogP contribution is -2.26. The first-order valence-corrected chi connectivity index (χ1v) is 10.8. The van der Waals surface area contributed by atoms with E-state index in [1.807, 2.05) is 29.7 Å². The van der Waals surface area contributed by atoms with E-state index in [0.717, 1.165) is 47.4 Å². The number of amides is 1. The molecule has 4 heterocycles. The van der Waals surface area contributed by atoms with Crippen molar-refractivity contribution < 1.29 is 18.0 Å². The van der Waals surface area contributed by atoms with E-state index in [2.05, 4.69) is 30.9 Å². The zero-order valence-electron chi connectivity index (χ0n) is 18.5. The molecule has 0 bridgehead atoms. The van der Waals surface area contributed by atoms with Crippen LogP contribution >= 0.6 is 0 Å². The topological polar surface area (TPSA) is 95.7 Å². The Kier molecular flexibility index (Phi) is 5.59. The third kappa shape index (κ3) is 4.52. The molecule has 3 aromatic heterocycles. The SMILES string of the molecule is Cc1ccc(C(=O)Nc2cc(C(F)(F)F)ccn2)cc1-c1cnc2c(NC3=NCCN3)cccn12. The van der Waals surface area contributed by atoms with Crippen molar-refractivity contribution in [3.8, 4) is 11.3 Å². The van der Waals surface area contributed by atoms with Crippen molar-refractivity contribution in [1.29, 1.82) is 0 Å². The van der Waals surface area contributed by atoms with E-state index in [-0.39, 0.29) is 11.4 Å². The summed E-state index contributed by atoms with van der Waals surface area (Å²) in [6, 6.07) is 10.5. The molecule has 1 aliphatic heterocycles. The number of aromatic nitrogens is 3. The number of guanidine groups is 1. The summed E-state index contributed by atoms with van der Waals surface area (Å²) < 4.78 is 40.9. The maximum Gasteiger partial charge on any atom is 0.416 e. The number of hydrogen-bond acceptors (Lipinski definition) is 6. The molecule has 0 saturated carbocycles. The predicted molar refractivity (Wildman–Crippen MR) is 126 cm³/mol. The number of nitrogens with zero attached hydrogens (tertiary/aromatic N) is 4. The molecular formula is C24H20F3N7O. The minimum atomic E-state index is -4.53. The molecule has 0 spiro atoms. The van der Waals surface area contributed by atoms with Crippen molar-refractivity contribution in [1.82, 2.24) is 19.7 Å². The van der Waals surface area contributed by atoms with E-state index >= 15 is 0 Å². The van der Waals surface area contributed by atoms with Crippen LogP contribution in [0.4, 0.5) is 24.7 Å². The number of anilines is 2. The number of carbonyl (C=O) groups is 1. The first-order valence-electron chi connectivity index (χ1n) is 10.8. The highest BCUT2D eigenvalue weighted by Gasteiger charge is 2.31. The van der Waals surface area contributed by atoms with Crippen molar-refractivity contribution in [2.75, 3.05) is 23.7 Å². The van der Waals surface area contributed by atoms with Crippen LogP contribution in [0.2, 0.25) is 0 Å². The third-order valence-electron chi connectivity index (χ3n) is 5.57. The second kappa shape index (κ2) is 8.75. The molecule has 1 amide bonds. The Bertz CT molecular complexity index is 1460. The molecule has 0 aliphatic carbocycles. The number of aryl methyl sites for hydroxylation is 1. The number of benzene rings is 1. The largest absolute Gasteiger partial charge is 0.416 e. The first kappa shape index (κ1) is 22.4. The quantitative estimate of drug-likeness (QED) is 0.405. The lowest BCUT2D eigenvalue weighted by atomic mass is 10.0. The van der Waals surface area contributed by atoms with E-state index in [1.165, 1.54) is 0 Å². The molecule has 0 saturated heterocycles. The molecule has 0 radical (unpaired) electrons. The van der Waals surface area contributed by atoms with Gasteiger partial charge in [-0.05, 0) is 48.9 Å². The maximum atomic E-state index is 13.0. The minimum Gasteiger partial charge on any atom is -0.354 e. The fourth-order valence-corrected chi connectivity index (χ4v) is 3.82. The molecular weight excluding hydrogens is 459 g/mol. The molecule has 8 nitrogen and oxygen atoms in total. The van der Waals surface area contributed by atoms with E-state index in [4.69, 9.17) is 0 Å². The second-order valence-electron chi connectivity index (χ2n) is 7.95. The van der Waals surface area contributed by atoms with Gasteiger partial charge < -0.3 is 16.0 Å². The zero-order chi connectivity index (χ0) is 24.6. The highest BCUT2D eigenvalue weighted by molar-refractivity contribution is 6.04. The smallest absolute Gasteiger partial charge is 0.354 e. The van der Waals surface area contributed by atoms with Gasteiger partial charge in [0.2, 0.25) is 0 Å². The maximum absolute atomic E-state index is 13.0. The van der Waals surface area contributed by atoms with Crippen molar-refractivity contribution >= 4 is 29.0 Å². The van der Waals surface area contributed by atoms with Crippen molar-refractivity contribution in [2.45, 2.75) is 13.1 Å². The van der Waals surface area contributed by atoms with Crippen LogP contribution in [0.5, 0.6) is 0 Å². The van der Waals surface area contributed by atoms with Crippen LogP contribution in [0.1, 0.15) is 21.5 Å². The van der Waals surface area contributed by atoms with Gasteiger partial charge in [0.05, 0.1) is 29.7 Å². The Balaban J connectivity index is 1.45. The standard InChI is InChI=1S/C24H20F3N7O/c1-14-4-5-15(22(35)33-20-12-16(6-7-28-20)24(25,26)27)11-17(14)19-13-31-21-18(3-2-10-34(19)21)32-23-29-8-9-30-23/h2-7,10-13H,8-9H2,1H3,(H,28,33,35)(H2,29,30,32). The van der Waals surface area contributed by atoms with Crippen LogP contribution in [0.15, 0.2) is 66.0 Å². The Hall–Kier alpha value is -4.41. The van der Waals surface area contributed by atoms with Gasteiger partial charge in [0.1, 0.15) is 5.82 Å². The fourth-order valence-electron chi connectivity index (χ4n) is 3.82. The third-order valence-corrected chi connectivity index (χ3v) is 5.57. The molecule has 0 fully saturated rings. The number of hydrogen-bond donors (Lipinski definition) is 3. The Morgan fingerprint density at radius 1 is 1.14 bits per heavy atom. The van der Waals surface area contributed by atoms with E-state index < -0.39 is 17.6 Å². The molecule has 4 aromatic rings. The van der Waals surface area contributed by atoms with E-state index in [1.54, 1.807) is 24.4 Å². The molecule has 178 valence electrons. The number of halogens is 3. The monoisotopic (exact) mass is 479 g/mol. The molecule has 5 rings (SSSR count). The summed E-state index contributed by atoms with van der Waals surface area (Å²) in [5.74, 6) is -0.0684. The van der Waals surface area contributed by atoms with Gasteiger partial charge in [-0.1, -0.05) is 6.07 Å². The number of carbonyl (C=O) groups excluding carboxylic acids is 1. The normalized spacial score (nSPS) is 13.4. The molecule has 35 heavy (non-hydrogen) atoms. The summed E-state index contributed by atoms with van der Waals surface area (Å²) in [5, 5.41) is 8.85. The van der Waals surface area contributed by atoms with E-state index in [9.17, 15) is 18.0 Å². The number of fused-ring (bicyclic) bond motifs is 1. The summed E-state index contributed by atoms with van der Waals surface area (Å²) in [6.07, 6.45) is 0.0562. The lowest BCUT2D eigenvalue weighted by molar-refractivity contribution is -0.137. The highest BCUT2D eigenvalue weighted by atomic mass is 19.4. The van der Waals surface area contributed by atoms with Crippen molar-refractivity contribution in [3.05, 3.63) is 77.7 Å². The Morgan fingerprint density at radius 2 is 2.00 bits per heavy atom. The van der Waals surface area contributed by atoms with Gasteiger partial charge in [-0.25, -0.2) is 9.97 Å². The number of imidazole rings is 1. The van der Waals surface area contributed by atoms with Crippen LogP contribution in [0, 0.1) is 6.92 Å². The van der Waals surface area contributed by atoms with Gasteiger partial charge in [-0.15, -0.1) is 0 Å². The molecule has 1 aromatic carbocycles. The van der Waals surface area contributed by atoms with Gasteiger partial charge in [-0.3, -0.25) is 14.2 Å². The summed E-state index contributed by atoms with van der Waals surface area (Å²) in [7, 11) is 0. The van der Waals surface area contributed by atoms with Gasteiger partial charge in [0.25, 0.3) is 5.91 Å². The molecule has 3 N–H and O–H groups in total. The Labute approximate surface area is 197 Å². The van der Waals surface area contributed by atoms with Crippen LogP contribution in [0.25, 0.3) is 16.9 Å². The Morgan fingerprint density at radius 3 is 2.77 bits per heavy atom. The molecule has 0 unspecified atom stereocenters. The van der Waals surface area contributed by atoms with Gasteiger partial charge in [0.15, 0.2) is 11.6 Å². The summed E-state index contributed by atoms with van der Waals surface area (Å²) in [6.45, 7) is 3.38. The second-order valence-corrected chi connectivity index (χ2v) is 7.95. The molecule has 0 atom stereocenters. The van der Waals surface area contributed by atoms with Gasteiger partial charge in [0, 0.05) is 30.1 Å². The number of alkyl halides is 3. The lowest BCUT2D eigenvalue weighted by Gasteiger charge is -2.12. The first-order chi connectivity index (χ1) is 16.8. The summed E-state index contributed by atoms with van der Waals surface area (Å²) in [5.41, 5.74) is 3.26. The number of aliphatic imine (C=N–C) groups is 1. The average Bonchev–Trinajstić information content (AvgIpc) is 3.49. The molecule has 11 heteroatoms. The van der Waals surface area contributed by atoms with Crippen LogP contribution in [-0.4, -0.2) is 39.3 Å². The number of rotatable bonds is 4. The van der Waals surface area contributed by atoms with Crippen LogP contribution in [0.3, 0.4) is 0 Å². The average molecular weight is 479 g/mol. The highest BCUT2D eigenvalue weighted by Crippen LogP contribution is 2.31. The van der Waals surface area contributed by atoms with E-state index in [0.29, 0.717) is 18.2 Å². The molecule has 1 aliphatic rings. The van der Waals surface area contributed by atoms with Crippen LogP contribution in [-0.2, 0) is 6.18 Å².